The van der Waals surface area contributed by atoms with E-state index < -0.39 is 26.9 Å². The molecule has 31 heavy (non-hydrogen) atoms. The quantitative estimate of drug-likeness (QED) is 0.239. The Labute approximate surface area is 195 Å². The van der Waals surface area contributed by atoms with Crippen molar-refractivity contribution in [3.8, 4) is 0 Å². The number of rotatable bonds is 17. The molecule has 184 valence electrons. The summed E-state index contributed by atoms with van der Waals surface area (Å²) in [4.78, 5) is 6.25. The van der Waals surface area contributed by atoms with E-state index in [0.29, 0.717) is 19.8 Å². The third-order valence-corrected chi connectivity index (χ3v) is 15.7. The summed E-state index contributed by atoms with van der Waals surface area (Å²) in [7, 11) is 0.410. The van der Waals surface area contributed by atoms with E-state index in [1.165, 1.54) is 4.82 Å². The van der Waals surface area contributed by atoms with Gasteiger partial charge in [-0.15, -0.1) is 0 Å². The van der Waals surface area contributed by atoms with Crippen LogP contribution in [0.15, 0.2) is 11.0 Å². The number of hydrogen-bond acceptors (Lipinski definition) is 8. The minimum atomic E-state index is -2.54. The van der Waals surface area contributed by atoms with Crippen LogP contribution in [0.4, 0.5) is 0 Å². The van der Waals surface area contributed by atoms with Crippen molar-refractivity contribution < 1.29 is 22.1 Å². The zero-order valence-electron chi connectivity index (χ0n) is 21.0. The summed E-state index contributed by atoms with van der Waals surface area (Å²) in [5, 5.41) is 3.64. The van der Waals surface area contributed by atoms with Gasteiger partial charge in [0, 0.05) is 66.3 Å². The predicted octanol–water partition coefficient (Wildman–Crippen LogP) is 1.13. The van der Waals surface area contributed by atoms with E-state index in [4.69, 9.17) is 22.1 Å². The molecule has 1 aliphatic heterocycles. The van der Waals surface area contributed by atoms with Crippen LogP contribution < -0.4 is 5.32 Å². The van der Waals surface area contributed by atoms with Crippen molar-refractivity contribution >= 4 is 26.9 Å². The van der Waals surface area contributed by atoms with Crippen molar-refractivity contribution in [3.63, 3.8) is 0 Å². The molecule has 1 fully saturated rings. The number of piperazine rings is 1. The van der Waals surface area contributed by atoms with Crippen molar-refractivity contribution in [3.05, 3.63) is 11.0 Å². The maximum Gasteiger partial charge on any atom is 0.500 e. The second-order valence-electron chi connectivity index (χ2n) is 7.93. The van der Waals surface area contributed by atoms with Gasteiger partial charge in [0.25, 0.3) is 0 Å². The lowest BCUT2D eigenvalue weighted by Crippen LogP contribution is -2.47. The molecule has 1 aliphatic rings. The molecular formula is C20H47N3O5Si3. The average molecular weight is 494 g/mol. The van der Waals surface area contributed by atoms with E-state index >= 15 is 0 Å². The van der Waals surface area contributed by atoms with Gasteiger partial charge in [0.1, 0.15) is 0 Å². The van der Waals surface area contributed by atoms with Gasteiger partial charge < -0.3 is 37.2 Å². The Kier molecular flexibility index (Phi) is 14.7. The molecule has 0 aromatic carbocycles. The summed E-state index contributed by atoms with van der Waals surface area (Å²) in [6.45, 7) is 15.3. The maximum atomic E-state index is 5.95. The summed E-state index contributed by atoms with van der Waals surface area (Å²) in [5.41, 5.74) is 0. The topological polar surface area (TPSA) is 64.7 Å². The highest BCUT2D eigenvalue weighted by Crippen LogP contribution is 2.19. The lowest BCUT2D eigenvalue weighted by atomic mass is 10.3. The van der Waals surface area contributed by atoms with Gasteiger partial charge in [0.2, 0.25) is 0 Å². The van der Waals surface area contributed by atoms with E-state index in [1.807, 2.05) is 20.8 Å². The number of likely N-dealkylation sites (N-methyl/N-ethyl adjacent to an activating group) is 1. The molecule has 1 heterocycles. The molecule has 0 bridgehead atoms. The SMILES string of the molecule is CCO[Si](CCCNC[SiH2]C(=CN1CCN(C)CC1)[Si](C)(OC)OC)(OCC)OCC. The molecule has 0 aliphatic carbocycles. The van der Waals surface area contributed by atoms with Crippen LogP contribution in [0.3, 0.4) is 0 Å². The van der Waals surface area contributed by atoms with Crippen LogP contribution in [0.2, 0.25) is 12.6 Å². The second-order valence-corrected chi connectivity index (χ2v) is 16.5. The standard InChI is InChI=1S/C20H47N3O5Si3/c1-8-26-31(27-9-2,28-10-3)17-11-12-21-19-29-20(30(7,24-5)25-6)18-23-15-13-22(4)14-16-23/h18,21H,8-17,19,29H2,1-7H3. The summed E-state index contributed by atoms with van der Waals surface area (Å²) in [6.07, 6.45) is 4.38. The minimum absolute atomic E-state index is 0.526. The highest BCUT2D eigenvalue weighted by atomic mass is 28.4. The normalized spacial score (nSPS) is 17.3. The van der Waals surface area contributed by atoms with E-state index in [-0.39, 0.29) is 0 Å². The van der Waals surface area contributed by atoms with Gasteiger partial charge >= 0.3 is 17.4 Å². The first-order valence-corrected chi connectivity index (χ1v) is 17.7. The van der Waals surface area contributed by atoms with E-state index in [2.05, 4.69) is 34.9 Å². The van der Waals surface area contributed by atoms with Gasteiger partial charge in [-0.1, -0.05) is 0 Å². The molecular weight excluding hydrogens is 446 g/mol. The summed E-state index contributed by atoms with van der Waals surface area (Å²) >= 11 is 0. The smallest absolute Gasteiger partial charge is 0.395 e. The Balaban J connectivity index is 2.57. The van der Waals surface area contributed by atoms with Crippen molar-refractivity contribution in [1.82, 2.24) is 15.1 Å². The monoisotopic (exact) mass is 493 g/mol. The summed E-state index contributed by atoms with van der Waals surface area (Å²) in [5.74, 6) is 0. The zero-order valence-corrected chi connectivity index (χ0v) is 24.4. The molecule has 0 radical (unpaired) electrons. The molecule has 8 nitrogen and oxygen atoms in total. The molecule has 1 saturated heterocycles. The van der Waals surface area contributed by atoms with E-state index in [9.17, 15) is 0 Å². The molecule has 1 N–H and O–H groups in total. The van der Waals surface area contributed by atoms with Gasteiger partial charge in [0.15, 0.2) is 0 Å². The van der Waals surface area contributed by atoms with Crippen molar-refractivity contribution in [2.45, 2.75) is 39.8 Å². The van der Waals surface area contributed by atoms with Crippen LogP contribution >= 0.6 is 0 Å². The fourth-order valence-corrected chi connectivity index (χ4v) is 11.6. The number of nitrogens with one attached hydrogen (secondary N) is 1. The zero-order chi connectivity index (χ0) is 23.2. The van der Waals surface area contributed by atoms with Crippen molar-refractivity contribution in [1.29, 1.82) is 0 Å². The Bertz CT molecular complexity index is 487. The largest absolute Gasteiger partial charge is 0.500 e. The lowest BCUT2D eigenvalue weighted by Gasteiger charge is -2.34. The first-order valence-electron chi connectivity index (χ1n) is 11.7. The van der Waals surface area contributed by atoms with Gasteiger partial charge in [-0.25, -0.2) is 0 Å². The van der Waals surface area contributed by atoms with Gasteiger partial charge in [-0.05, 0) is 64.5 Å². The summed E-state index contributed by atoms with van der Waals surface area (Å²) in [6, 6.07) is 0.851. The molecule has 0 amide bonds. The fraction of sp³-hybridized carbons (Fsp3) is 0.900. The van der Waals surface area contributed by atoms with Crippen molar-refractivity contribution in [2.75, 3.05) is 80.0 Å². The number of hydrogen-bond donors (Lipinski definition) is 1. The first kappa shape index (κ1) is 28.9. The lowest BCUT2D eigenvalue weighted by molar-refractivity contribution is 0.0708. The Morgan fingerprint density at radius 2 is 1.52 bits per heavy atom. The fourth-order valence-electron chi connectivity index (χ4n) is 3.70. The average Bonchev–Trinajstić information content (AvgIpc) is 2.76. The van der Waals surface area contributed by atoms with Crippen LogP contribution in [0.5, 0.6) is 0 Å². The molecule has 0 aromatic heterocycles. The predicted molar refractivity (Wildman–Crippen MR) is 134 cm³/mol. The van der Waals surface area contributed by atoms with Crippen LogP contribution in [0.25, 0.3) is 0 Å². The molecule has 11 heteroatoms. The molecule has 1 rings (SSSR count). The van der Waals surface area contributed by atoms with Gasteiger partial charge in [-0.3, -0.25) is 0 Å². The minimum Gasteiger partial charge on any atom is -0.395 e. The molecule has 0 saturated carbocycles. The van der Waals surface area contributed by atoms with Crippen LogP contribution in [-0.2, 0) is 22.1 Å². The van der Waals surface area contributed by atoms with Gasteiger partial charge in [0.05, 0.1) is 9.52 Å². The molecule has 0 atom stereocenters. The molecule has 0 aromatic rings. The highest BCUT2D eigenvalue weighted by Gasteiger charge is 2.39. The third kappa shape index (κ3) is 10.2. The third-order valence-electron chi connectivity index (χ3n) is 5.74. The second kappa shape index (κ2) is 15.7. The van der Waals surface area contributed by atoms with Crippen LogP contribution in [-0.4, -0.2) is 117 Å². The molecule has 0 unspecified atom stereocenters. The van der Waals surface area contributed by atoms with Crippen molar-refractivity contribution in [2.24, 2.45) is 0 Å². The Morgan fingerprint density at radius 3 is 2.00 bits per heavy atom. The molecule has 0 spiro atoms. The van der Waals surface area contributed by atoms with Gasteiger partial charge in [-0.2, -0.15) is 0 Å². The maximum absolute atomic E-state index is 5.95. The van der Waals surface area contributed by atoms with Crippen LogP contribution in [0, 0.1) is 0 Å². The van der Waals surface area contributed by atoms with Crippen LogP contribution in [0.1, 0.15) is 27.2 Å². The van der Waals surface area contributed by atoms with E-state index in [0.717, 1.165) is 51.4 Å². The summed E-state index contributed by atoms with van der Waals surface area (Å²) < 4.78 is 29.6. The first-order chi connectivity index (χ1) is 14.9. The Morgan fingerprint density at radius 1 is 0.968 bits per heavy atom. The highest BCUT2D eigenvalue weighted by molar-refractivity contribution is 6.86. The van der Waals surface area contributed by atoms with E-state index in [1.54, 1.807) is 14.2 Å². The number of nitrogens with zero attached hydrogens (tertiary/aromatic N) is 2. The Hall–Kier alpha value is -0.0894.